The molecule has 0 unspecified atom stereocenters. The second-order valence-corrected chi connectivity index (χ2v) is 3.55. The zero-order chi connectivity index (χ0) is 13.0. The molecule has 5 heteroatoms. The van der Waals surface area contributed by atoms with Crippen LogP contribution in [0.4, 0.5) is 5.69 Å². The number of methoxy groups -OCH3 is 1. The van der Waals surface area contributed by atoms with E-state index < -0.39 is 5.91 Å². The molecule has 2 rings (SSSR count). The summed E-state index contributed by atoms with van der Waals surface area (Å²) in [6.45, 7) is 0. The highest BCUT2D eigenvalue weighted by molar-refractivity contribution is 6.04. The van der Waals surface area contributed by atoms with E-state index in [2.05, 4.69) is 10.3 Å². The highest BCUT2D eigenvalue weighted by Gasteiger charge is 2.11. The average molecular weight is 244 g/mol. The minimum absolute atomic E-state index is 0.00619. The predicted molar refractivity (Wildman–Crippen MR) is 66.8 cm³/mol. The fourth-order valence-electron chi connectivity index (χ4n) is 1.44. The van der Waals surface area contributed by atoms with Crippen LogP contribution in [-0.2, 0) is 0 Å². The lowest BCUT2D eigenvalue weighted by Gasteiger charge is -2.06. The number of benzene rings is 1. The van der Waals surface area contributed by atoms with Crippen LogP contribution in [0.1, 0.15) is 10.5 Å². The van der Waals surface area contributed by atoms with Crippen LogP contribution in [0.15, 0.2) is 42.6 Å². The highest BCUT2D eigenvalue weighted by Crippen LogP contribution is 2.18. The Balaban J connectivity index is 2.14. The smallest absolute Gasteiger partial charge is 0.278 e. The number of hydrogen-bond acceptors (Lipinski definition) is 4. The van der Waals surface area contributed by atoms with Crippen LogP contribution in [0.3, 0.4) is 0 Å². The van der Waals surface area contributed by atoms with Crippen LogP contribution < -0.4 is 10.1 Å². The van der Waals surface area contributed by atoms with E-state index in [-0.39, 0.29) is 11.4 Å². The van der Waals surface area contributed by atoms with Gasteiger partial charge in [-0.25, -0.2) is 4.98 Å². The summed E-state index contributed by atoms with van der Waals surface area (Å²) in [5, 5.41) is 12.1. The molecule has 0 aliphatic carbocycles. The van der Waals surface area contributed by atoms with Gasteiger partial charge in [0.2, 0.25) is 0 Å². The van der Waals surface area contributed by atoms with E-state index in [4.69, 9.17) is 4.74 Å². The maximum atomic E-state index is 11.8. The fraction of sp³-hybridized carbons (Fsp3) is 0.0769. The van der Waals surface area contributed by atoms with Crippen molar-refractivity contribution in [2.24, 2.45) is 0 Å². The van der Waals surface area contributed by atoms with Gasteiger partial charge >= 0.3 is 0 Å². The van der Waals surface area contributed by atoms with Gasteiger partial charge in [0, 0.05) is 11.9 Å². The summed E-state index contributed by atoms with van der Waals surface area (Å²) in [6, 6.07) is 9.84. The number of anilines is 1. The Morgan fingerprint density at radius 1 is 1.28 bits per heavy atom. The van der Waals surface area contributed by atoms with Crippen LogP contribution in [-0.4, -0.2) is 23.1 Å². The van der Waals surface area contributed by atoms with E-state index in [9.17, 15) is 9.90 Å². The van der Waals surface area contributed by atoms with Gasteiger partial charge in [-0.05, 0) is 36.4 Å². The number of carbonyl (C=O) groups is 1. The zero-order valence-electron chi connectivity index (χ0n) is 9.75. The molecule has 0 atom stereocenters. The predicted octanol–water partition coefficient (Wildman–Crippen LogP) is 2.05. The standard InChI is InChI=1S/C13H12N2O3/c1-18-10-6-4-9(5-7-10)15-13(17)12-11(16)3-2-8-14-12/h2-8,16H,1H3,(H,15,17). The van der Waals surface area contributed by atoms with Gasteiger partial charge in [-0.1, -0.05) is 0 Å². The number of aromatic hydroxyl groups is 1. The normalized spacial score (nSPS) is 9.83. The first kappa shape index (κ1) is 11.9. The van der Waals surface area contributed by atoms with Gasteiger partial charge in [0.1, 0.15) is 11.5 Å². The number of amides is 1. The molecule has 1 amide bonds. The first-order chi connectivity index (χ1) is 8.70. The SMILES string of the molecule is COc1ccc(NC(=O)c2ncccc2O)cc1. The van der Waals surface area contributed by atoms with Gasteiger partial charge < -0.3 is 15.2 Å². The molecule has 0 saturated heterocycles. The van der Waals surface area contributed by atoms with Crippen molar-refractivity contribution < 1.29 is 14.6 Å². The molecule has 1 aromatic heterocycles. The Bertz CT molecular complexity index is 552. The molecule has 0 bridgehead atoms. The lowest BCUT2D eigenvalue weighted by Crippen LogP contribution is -2.13. The first-order valence-corrected chi connectivity index (χ1v) is 5.30. The molecule has 5 nitrogen and oxygen atoms in total. The molecular weight excluding hydrogens is 232 g/mol. The van der Waals surface area contributed by atoms with Crippen LogP contribution in [0.2, 0.25) is 0 Å². The number of nitrogens with one attached hydrogen (secondary N) is 1. The highest BCUT2D eigenvalue weighted by atomic mass is 16.5. The summed E-state index contributed by atoms with van der Waals surface area (Å²) >= 11 is 0. The third-order valence-corrected chi connectivity index (χ3v) is 2.35. The van der Waals surface area contributed by atoms with Crippen molar-refractivity contribution in [1.29, 1.82) is 0 Å². The Kier molecular flexibility index (Phi) is 3.43. The molecule has 1 heterocycles. The lowest BCUT2D eigenvalue weighted by atomic mass is 10.2. The van der Waals surface area contributed by atoms with E-state index in [1.165, 1.54) is 12.3 Å². The Morgan fingerprint density at radius 3 is 2.61 bits per heavy atom. The van der Waals surface area contributed by atoms with Crippen LogP contribution in [0.25, 0.3) is 0 Å². The van der Waals surface area contributed by atoms with Crippen molar-refractivity contribution in [3.8, 4) is 11.5 Å². The molecule has 1 aromatic carbocycles. The fourth-order valence-corrected chi connectivity index (χ4v) is 1.44. The topological polar surface area (TPSA) is 71.5 Å². The quantitative estimate of drug-likeness (QED) is 0.866. The average Bonchev–Trinajstić information content (AvgIpc) is 2.40. The van der Waals surface area contributed by atoms with Crippen LogP contribution in [0, 0.1) is 0 Å². The van der Waals surface area contributed by atoms with Crippen molar-refractivity contribution in [2.45, 2.75) is 0 Å². The molecular formula is C13H12N2O3. The van der Waals surface area contributed by atoms with Crippen LogP contribution >= 0.6 is 0 Å². The summed E-state index contributed by atoms with van der Waals surface area (Å²) in [4.78, 5) is 15.6. The van der Waals surface area contributed by atoms with Crippen molar-refractivity contribution in [2.75, 3.05) is 12.4 Å². The zero-order valence-corrected chi connectivity index (χ0v) is 9.75. The number of ether oxygens (including phenoxy) is 1. The lowest BCUT2D eigenvalue weighted by molar-refractivity contribution is 0.101. The first-order valence-electron chi connectivity index (χ1n) is 5.30. The summed E-state index contributed by atoms with van der Waals surface area (Å²) in [7, 11) is 1.57. The summed E-state index contributed by atoms with van der Waals surface area (Å²) in [6.07, 6.45) is 1.45. The van der Waals surface area contributed by atoms with Crippen LogP contribution in [0.5, 0.6) is 11.5 Å². The van der Waals surface area contributed by atoms with E-state index in [1.54, 1.807) is 37.4 Å². The van der Waals surface area contributed by atoms with Gasteiger partial charge in [-0.15, -0.1) is 0 Å². The van der Waals surface area contributed by atoms with Gasteiger partial charge in [0.05, 0.1) is 7.11 Å². The number of hydrogen-bond donors (Lipinski definition) is 2. The molecule has 0 radical (unpaired) electrons. The number of nitrogens with zero attached hydrogens (tertiary/aromatic N) is 1. The maximum absolute atomic E-state index is 11.8. The largest absolute Gasteiger partial charge is 0.505 e. The number of rotatable bonds is 3. The third kappa shape index (κ3) is 2.57. The van der Waals surface area contributed by atoms with Gasteiger partial charge in [0.15, 0.2) is 5.69 Å². The molecule has 18 heavy (non-hydrogen) atoms. The second-order valence-electron chi connectivity index (χ2n) is 3.55. The molecule has 0 aliphatic heterocycles. The Morgan fingerprint density at radius 2 is 2.00 bits per heavy atom. The van der Waals surface area contributed by atoms with Crippen molar-refractivity contribution in [1.82, 2.24) is 4.98 Å². The number of aromatic nitrogens is 1. The minimum Gasteiger partial charge on any atom is -0.505 e. The Labute approximate surface area is 104 Å². The van der Waals surface area contributed by atoms with E-state index in [0.29, 0.717) is 11.4 Å². The molecule has 2 aromatic rings. The van der Waals surface area contributed by atoms with E-state index >= 15 is 0 Å². The third-order valence-electron chi connectivity index (χ3n) is 2.35. The summed E-state index contributed by atoms with van der Waals surface area (Å²) in [5.74, 6) is 0.0930. The molecule has 92 valence electrons. The van der Waals surface area contributed by atoms with Crippen molar-refractivity contribution in [3.63, 3.8) is 0 Å². The molecule has 0 spiro atoms. The monoisotopic (exact) mass is 244 g/mol. The molecule has 2 N–H and O–H groups in total. The van der Waals surface area contributed by atoms with Crippen molar-refractivity contribution in [3.05, 3.63) is 48.3 Å². The van der Waals surface area contributed by atoms with Gasteiger partial charge in [-0.2, -0.15) is 0 Å². The van der Waals surface area contributed by atoms with E-state index in [0.717, 1.165) is 0 Å². The van der Waals surface area contributed by atoms with Crippen molar-refractivity contribution >= 4 is 11.6 Å². The number of pyridine rings is 1. The molecule has 0 saturated carbocycles. The van der Waals surface area contributed by atoms with Gasteiger partial charge in [0.25, 0.3) is 5.91 Å². The van der Waals surface area contributed by atoms with E-state index in [1.807, 2.05) is 0 Å². The Hall–Kier alpha value is -2.56. The molecule has 0 aliphatic rings. The van der Waals surface area contributed by atoms with Gasteiger partial charge in [-0.3, -0.25) is 4.79 Å². The summed E-state index contributed by atoms with van der Waals surface area (Å²) < 4.78 is 5.01. The second kappa shape index (κ2) is 5.18. The summed E-state index contributed by atoms with van der Waals surface area (Å²) in [5.41, 5.74) is 0.596. The molecule has 0 fully saturated rings. The maximum Gasteiger partial charge on any atom is 0.278 e. The minimum atomic E-state index is -0.460. The number of carbonyl (C=O) groups excluding carboxylic acids is 1.